The summed E-state index contributed by atoms with van der Waals surface area (Å²) in [6, 6.07) is 5.33. The van der Waals surface area contributed by atoms with Crippen molar-refractivity contribution in [2.75, 3.05) is 7.05 Å². The summed E-state index contributed by atoms with van der Waals surface area (Å²) in [7, 11) is -1.90. The first-order valence-corrected chi connectivity index (χ1v) is 7.36. The first-order chi connectivity index (χ1) is 8.89. The molecule has 0 bridgehead atoms. The van der Waals surface area contributed by atoms with Crippen molar-refractivity contribution in [1.82, 2.24) is 14.5 Å². The standard InChI is InChI=1S/C13H17N3O2S/c1-10-4-11(2)6-13(5-10)19(17,18)16(3)9-12-7-14-15-8-12/h4-8H,9H2,1-3H3,(H,14,15). The molecule has 0 aliphatic heterocycles. The van der Waals surface area contributed by atoms with Gasteiger partial charge in [0.05, 0.1) is 11.1 Å². The third kappa shape index (κ3) is 3.02. The van der Waals surface area contributed by atoms with E-state index in [1.54, 1.807) is 31.6 Å². The van der Waals surface area contributed by atoms with Gasteiger partial charge in [-0.05, 0) is 37.1 Å². The van der Waals surface area contributed by atoms with Crippen LogP contribution in [-0.4, -0.2) is 30.0 Å². The number of H-pyrrole nitrogens is 1. The fraction of sp³-hybridized carbons (Fsp3) is 0.308. The van der Waals surface area contributed by atoms with E-state index in [2.05, 4.69) is 10.2 Å². The number of sulfonamides is 1. The second-order valence-electron chi connectivity index (χ2n) is 4.69. The van der Waals surface area contributed by atoms with Gasteiger partial charge in [-0.3, -0.25) is 5.10 Å². The highest BCUT2D eigenvalue weighted by atomic mass is 32.2. The summed E-state index contributed by atoms with van der Waals surface area (Å²) in [5, 5.41) is 6.48. The van der Waals surface area contributed by atoms with Crippen molar-refractivity contribution in [1.29, 1.82) is 0 Å². The molecule has 0 saturated heterocycles. The topological polar surface area (TPSA) is 66.1 Å². The molecule has 1 N–H and O–H groups in total. The van der Waals surface area contributed by atoms with Gasteiger partial charge in [0, 0.05) is 25.4 Å². The maximum absolute atomic E-state index is 12.5. The van der Waals surface area contributed by atoms with Crippen LogP contribution in [0.1, 0.15) is 16.7 Å². The number of hydrogen-bond acceptors (Lipinski definition) is 3. The van der Waals surface area contributed by atoms with Crippen LogP contribution in [0.2, 0.25) is 0 Å². The van der Waals surface area contributed by atoms with Crippen LogP contribution in [0.5, 0.6) is 0 Å². The molecular weight excluding hydrogens is 262 g/mol. The fourth-order valence-electron chi connectivity index (χ4n) is 1.97. The summed E-state index contributed by atoms with van der Waals surface area (Å²) < 4.78 is 26.2. The van der Waals surface area contributed by atoms with E-state index >= 15 is 0 Å². The highest BCUT2D eigenvalue weighted by molar-refractivity contribution is 7.89. The van der Waals surface area contributed by atoms with Gasteiger partial charge >= 0.3 is 0 Å². The molecule has 0 amide bonds. The van der Waals surface area contributed by atoms with Gasteiger partial charge in [-0.1, -0.05) is 6.07 Å². The molecule has 0 fully saturated rings. The second kappa shape index (κ2) is 5.14. The number of aryl methyl sites for hydroxylation is 2. The first-order valence-electron chi connectivity index (χ1n) is 5.92. The molecule has 0 aliphatic rings. The zero-order chi connectivity index (χ0) is 14.0. The molecule has 19 heavy (non-hydrogen) atoms. The predicted molar refractivity (Wildman–Crippen MR) is 73.2 cm³/mol. The molecule has 0 spiro atoms. The normalized spacial score (nSPS) is 12.0. The number of nitrogens with zero attached hydrogens (tertiary/aromatic N) is 2. The fourth-order valence-corrected chi connectivity index (χ4v) is 3.32. The number of hydrogen-bond donors (Lipinski definition) is 1. The molecule has 0 aliphatic carbocycles. The van der Waals surface area contributed by atoms with Gasteiger partial charge in [-0.25, -0.2) is 8.42 Å². The van der Waals surface area contributed by atoms with Gasteiger partial charge < -0.3 is 0 Å². The van der Waals surface area contributed by atoms with E-state index in [-0.39, 0.29) is 0 Å². The van der Waals surface area contributed by atoms with Crippen molar-refractivity contribution in [2.45, 2.75) is 25.3 Å². The summed E-state index contributed by atoms with van der Waals surface area (Å²) in [4.78, 5) is 0.330. The van der Waals surface area contributed by atoms with Crippen LogP contribution < -0.4 is 0 Å². The molecule has 2 rings (SSSR count). The van der Waals surface area contributed by atoms with Crippen molar-refractivity contribution in [3.05, 3.63) is 47.3 Å². The Morgan fingerprint density at radius 3 is 2.37 bits per heavy atom. The summed E-state index contributed by atoms with van der Waals surface area (Å²) >= 11 is 0. The third-order valence-corrected chi connectivity index (χ3v) is 4.64. The van der Waals surface area contributed by atoms with Gasteiger partial charge in [0.25, 0.3) is 0 Å². The van der Waals surface area contributed by atoms with E-state index in [4.69, 9.17) is 0 Å². The summed E-state index contributed by atoms with van der Waals surface area (Å²) in [6.07, 6.45) is 3.31. The molecular formula is C13H17N3O2S. The smallest absolute Gasteiger partial charge is 0.243 e. The number of nitrogens with one attached hydrogen (secondary N) is 1. The van der Waals surface area contributed by atoms with E-state index in [0.717, 1.165) is 16.7 Å². The SMILES string of the molecule is Cc1cc(C)cc(S(=O)(=O)N(C)Cc2cn[nH]c2)c1. The lowest BCUT2D eigenvalue weighted by atomic mass is 10.2. The maximum atomic E-state index is 12.5. The average Bonchev–Trinajstić information content (AvgIpc) is 2.80. The molecule has 0 unspecified atom stereocenters. The summed E-state index contributed by atoms with van der Waals surface area (Å²) in [5.41, 5.74) is 2.71. The van der Waals surface area contributed by atoms with Gasteiger partial charge in [0.2, 0.25) is 10.0 Å². The average molecular weight is 279 g/mol. The van der Waals surface area contributed by atoms with Crippen LogP contribution in [0, 0.1) is 13.8 Å². The van der Waals surface area contributed by atoms with Crippen molar-refractivity contribution in [2.24, 2.45) is 0 Å². The van der Waals surface area contributed by atoms with Crippen LogP contribution >= 0.6 is 0 Å². The van der Waals surface area contributed by atoms with Gasteiger partial charge in [-0.2, -0.15) is 9.40 Å². The Bertz CT molecular complexity index is 643. The minimum atomic E-state index is -3.47. The van der Waals surface area contributed by atoms with E-state index in [1.165, 1.54) is 4.31 Å². The molecule has 0 radical (unpaired) electrons. The lowest BCUT2D eigenvalue weighted by molar-refractivity contribution is 0.466. The molecule has 0 saturated carbocycles. The Kier molecular flexibility index (Phi) is 3.73. The lowest BCUT2D eigenvalue weighted by Crippen LogP contribution is -2.26. The Morgan fingerprint density at radius 1 is 1.21 bits per heavy atom. The van der Waals surface area contributed by atoms with E-state index in [0.29, 0.717) is 11.4 Å². The molecule has 6 heteroatoms. The van der Waals surface area contributed by atoms with Gasteiger partial charge in [0.15, 0.2) is 0 Å². The molecule has 1 aromatic carbocycles. The van der Waals surface area contributed by atoms with Crippen molar-refractivity contribution < 1.29 is 8.42 Å². The highest BCUT2D eigenvalue weighted by Gasteiger charge is 2.21. The van der Waals surface area contributed by atoms with E-state index in [9.17, 15) is 8.42 Å². The Hall–Kier alpha value is -1.66. The van der Waals surface area contributed by atoms with E-state index in [1.807, 2.05) is 19.9 Å². The molecule has 102 valence electrons. The summed E-state index contributed by atoms with van der Waals surface area (Å²) in [5.74, 6) is 0. The Labute approximate surface area is 113 Å². The molecule has 1 aromatic heterocycles. The number of aromatic amines is 1. The second-order valence-corrected chi connectivity index (χ2v) is 6.74. The summed E-state index contributed by atoms with van der Waals surface area (Å²) in [6.45, 7) is 4.08. The monoisotopic (exact) mass is 279 g/mol. The van der Waals surface area contributed by atoms with Gasteiger partial charge in [-0.15, -0.1) is 0 Å². The number of rotatable bonds is 4. The number of benzene rings is 1. The Balaban J connectivity index is 2.31. The first kappa shape index (κ1) is 13.8. The van der Waals surface area contributed by atoms with Crippen LogP contribution in [0.15, 0.2) is 35.5 Å². The quantitative estimate of drug-likeness (QED) is 0.928. The van der Waals surface area contributed by atoms with Crippen LogP contribution in [0.4, 0.5) is 0 Å². The van der Waals surface area contributed by atoms with E-state index < -0.39 is 10.0 Å². The van der Waals surface area contributed by atoms with Crippen LogP contribution in [0.3, 0.4) is 0 Å². The number of aromatic nitrogens is 2. The minimum Gasteiger partial charge on any atom is -0.285 e. The zero-order valence-electron chi connectivity index (χ0n) is 11.2. The van der Waals surface area contributed by atoms with Crippen molar-refractivity contribution in [3.8, 4) is 0 Å². The highest BCUT2D eigenvalue weighted by Crippen LogP contribution is 2.19. The minimum absolute atomic E-state index is 0.297. The largest absolute Gasteiger partial charge is 0.285 e. The maximum Gasteiger partial charge on any atom is 0.243 e. The molecule has 0 atom stereocenters. The molecule has 5 nitrogen and oxygen atoms in total. The Morgan fingerprint density at radius 2 is 1.84 bits per heavy atom. The lowest BCUT2D eigenvalue weighted by Gasteiger charge is -2.17. The zero-order valence-corrected chi connectivity index (χ0v) is 12.0. The third-order valence-electron chi connectivity index (χ3n) is 2.86. The predicted octanol–water partition coefficient (Wildman–Crippen LogP) is 1.85. The van der Waals surface area contributed by atoms with Crippen molar-refractivity contribution >= 4 is 10.0 Å². The van der Waals surface area contributed by atoms with Gasteiger partial charge in [0.1, 0.15) is 0 Å². The van der Waals surface area contributed by atoms with Crippen molar-refractivity contribution in [3.63, 3.8) is 0 Å². The van der Waals surface area contributed by atoms with Crippen LogP contribution in [-0.2, 0) is 16.6 Å². The molecule has 2 aromatic rings. The molecule has 1 heterocycles. The van der Waals surface area contributed by atoms with Crippen LogP contribution in [0.25, 0.3) is 0 Å².